The maximum Gasteiger partial charge on any atom is 0.472 e. The van der Waals surface area contributed by atoms with Gasteiger partial charge in [0.25, 0.3) is 0 Å². The molecule has 0 radical (unpaired) electrons. The van der Waals surface area contributed by atoms with Crippen LogP contribution >= 0.6 is 15.6 Å². The molecule has 0 aromatic carbocycles. The Kier molecular flexibility index (Phi) is 64.0. The first-order valence-corrected chi connectivity index (χ1v) is 42.3. The zero-order valence-electron chi connectivity index (χ0n) is 62.3. The summed E-state index contributed by atoms with van der Waals surface area (Å²) in [6.07, 6.45) is 50.3. The van der Waals surface area contributed by atoms with Gasteiger partial charge in [-0.05, 0) is 49.4 Å². The molecule has 4 unspecified atom stereocenters. The predicted molar refractivity (Wildman–Crippen MR) is 386 cm³/mol. The number of unbranched alkanes of at least 4 members (excludes halogenated alkanes) is 37. The van der Waals surface area contributed by atoms with Gasteiger partial charge in [0, 0.05) is 25.7 Å². The second kappa shape index (κ2) is 65.4. The van der Waals surface area contributed by atoms with Gasteiger partial charge in [-0.3, -0.25) is 37.3 Å². The van der Waals surface area contributed by atoms with Crippen molar-refractivity contribution in [3.8, 4) is 0 Å². The van der Waals surface area contributed by atoms with Crippen LogP contribution in [0.2, 0.25) is 0 Å². The molecule has 95 heavy (non-hydrogen) atoms. The van der Waals surface area contributed by atoms with E-state index in [-0.39, 0.29) is 25.7 Å². The van der Waals surface area contributed by atoms with Crippen LogP contribution in [-0.2, 0) is 65.4 Å². The molecule has 0 saturated heterocycles. The Balaban J connectivity index is 5.15. The number of rotatable bonds is 73. The standard InChI is InChI=1S/C76H148O17P2/c1-9-68(7)54-46-38-29-25-21-17-15-13-11-12-14-16-18-22-26-30-40-48-56-73(78)86-62-71(92-75(80)58-50-42-31-27-23-19-20-24-28-36-44-52-66(3)4)64-90-94(82,83)88-60-70(77)61-89-95(84,85)91-65-72(93-76(81)59-51-43-34-32-37-45-53-67(5)6)63-87-74(79)57-49-41-35-33-39-47-55-69(8)10-2/h66-72,77H,9-65H2,1-8H3,(H,82,83)(H,84,85)/t68?,69?,70-,71-,72-/m1/s1. The average molecular weight is 1400 g/mol. The second-order valence-corrected chi connectivity index (χ2v) is 31.7. The number of phosphoric acid groups is 2. The van der Waals surface area contributed by atoms with Crippen molar-refractivity contribution in [2.24, 2.45) is 23.7 Å². The van der Waals surface area contributed by atoms with Crippen molar-refractivity contribution in [1.82, 2.24) is 0 Å². The number of aliphatic hydroxyl groups is 1. The lowest BCUT2D eigenvalue weighted by Crippen LogP contribution is -2.30. The van der Waals surface area contributed by atoms with E-state index in [1.807, 2.05) is 0 Å². The van der Waals surface area contributed by atoms with Crippen LogP contribution in [0.4, 0.5) is 0 Å². The number of aliphatic hydroxyl groups excluding tert-OH is 1. The van der Waals surface area contributed by atoms with Crippen LogP contribution in [0.25, 0.3) is 0 Å². The summed E-state index contributed by atoms with van der Waals surface area (Å²) in [6.45, 7) is 14.1. The minimum atomic E-state index is -4.96. The lowest BCUT2D eigenvalue weighted by Gasteiger charge is -2.21. The molecule has 0 aromatic heterocycles. The van der Waals surface area contributed by atoms with Crippen molar-refractivity contribution in [3.05, 3.63) is 0 Å². The third-order valence-corrected chi connectivity index (χ3v) is 20.2. The van der Waals surface area contributed by atoms with Gasteiger partial charge in [-0.2, -0.15) is 0 Å². The highest BCUT2D eigenvalue weighted by Crippen LogP contribution is 2.45. The number of hydrogen-bond donors (Lipinski definition) is 3. The molecule has 0 bridgehead atoms. The first-order valence-electron chi connectivity index (χ1n) is 39.3. The molecule has 0 aliphatic carbocycles. The molecule has 7 atom stereocenters. The molecule has 0 saturated carbocycles. The largest absolute Gasteiger partial charge is 0.472 e. The molecule has 19 heteroatoms. The van der Waals surface area contributed by atoms with Gasteiger partial charge in [0.2, 0.25) is 0 Å². The number of carbonyl (C=O) groups is 4. The van der Waals surface area contributed by atoms with Gasteiger partial charge in [-0.15, -0.1) is 0 Å². The van der Waals surface area contributed by atoms with Gasteiger partial charge in [0.05, 0.1) is 26.4 Å². The van der Waals surface area contributed by atoms with Gasteiger partial charge in [0.15, 0.2) is 12.2 Å². The molecule has 0 aliphatic heterocycles. The van der Waals surface area contributed by atoms with Gasteiger partial charge in [-0.1, -0.05) is 331 Å². The Hall–Kier alpha value is -1.94. The molecule has 0 spiro atoms. The zero-order chi connectivity index (χ0) is 70.3. The van der Waals surface area contributed by atoms with Crippen LogP contribution in [-0.4, -0.2) is 96.7 Å². The van der Waals surface area contributed by atoms with Crippen molar-refractivity contribution in [2.75, 3.05) is 39.6 Å². The van der Waals surface area contributed by atoms with Gasteiger partial charge in [-0.25, -0.2) is 9.13 Å². The third kappa shape index (κ3) is 67.6. The quantitative estimate of drug-likeness (QED) is 0.0222. The van der Waals surface area contributed by atoms with Crippen molar-refractivity contribution in [1.29, 1.82) is 0 Å². The summed E-state index contributed by atoms with van der Waals surface area (Å²) in [5.41, 5.74) is 0. The Morgan fingerprint density at radius 2 is 0.505 bits per heavy atom. The number of ether oxygens (including phenoxy) is 4. The summed E-state index contributed by atoms with van der Waals surface area (Å²) in [6, 6.07) is 0. The lowest BCUT2D eigenvalue weighted by molar-refractivity contribution is -0.161. The van der Waals surface area contributed by atoms with E-state index in [0.29, 0.717) is 31.6 Å². The van der Waals surface area contributed by atoms with E-state index >= 15 is 0 Å². The van der Waals surface area contributed by atoms with Crippen LogP contribution in [0, 0.1) is 23.7 Å². The van der Waals surface area contributed by atoms with E-state index < -0.39 is 97.5 Å². The first-order chi connectivity index (χ1) is 45.7. The van der Waals surface area contributed by atoms with Crippen molar-refractivity contribution < 1.29 is 80.2 Å². The zero-order valence-corrected chi connectivity index (χ0v) is 64.1. The minimum Gasteiger partial charge on any atom is -0.462 e. The molecule has 0 aromatic rings. The molecular formula is C76H148O17P2. The highest BCUT2D eigenvalue weighted by atomic mass is 31.2. The maximum absolute atomic E-state index is 13.1. The van der Waals surface area contributed by atoms with Gasteiger partial charge >= 0.3 is 39.5 Å². The van der Waals surface area contributed by atoms with Crippen LogP contribution in [0.1, 0.15) is 383 Å². The van der Waals surface area contributed by atoms with E-state index in [1.165, 1.54) is 180 Å². The smallest absolute Gasteiger partial charge is 0.462 e. The fourth-order valence-electron chi connectivity index (χ4n) is 11.5. The SMILES string of the molecule is CCC(C)CCCCCCCCCCCCCCCCCCCCC(=O)OC[C@H](COP(=O)(O)OC[C@@H](O)COP(=O)(O)OC[C@@H](COC(=O)CCCCCCCCC(C)CC)OC(=O)CCCCCCCCC(C)C)OC(=O)CCCCCCCCCCCCCC(C)C. The van der Waals surface area contributed by atoms with Crippen LogP contribution in [0.15, 0.2) is 0 Å². The second-order valence-electron chi connectivity index (χ2n) is 28.8. The summed E-state index contributed by atoms with van der Waals surface area (Å²) >= 11 is 0. The van der Waals surface area contributed by atoms with Crippen molar-refractivity contribution >= 4 is 39.5 Å². The number of phosphoric ester groups is 2. The molecule has 0 fully saturated rings. The number of hydrogen-bond acceptors (Lipinski definition) is 15. The van der Waals surface area contributed by atoms with Crippen molar-refractivity contribution in [3.63, 3.8) is 0 Å². The van der Waals surface area contributed by atoms with Crippen LogP contribution in [0.3, 0.4) is 0 Å². The van der Waals surface area contributed by atoms with Crippen LogP contribution < -0.4 is 0 Å². The summed E-state index contributed by atoms with van der Waals surface area (Å²) in [5.74, 6) is 0.911. The van der Waals surface area contributed by atoms with Gasteiger partial charge < -0.3 is 33.8 Å². The normalized spacial score (nSPS) is 14.7. The molecular weight excluding hydrogens is 1250 g/mol. The third-order valence-electron chi connectivity index (χ3n) is 18.3. The molecule has 564 valence electrons. The first kappa shape index (κ1) is 93.1. The van der Waals surface area contributed by atoms with E-state index in [4.69, 9.17) is 37.0 Å². The lowest BCUT2D eigenvalue weighted by atomic mass is 9.99. The monoisotopic (exact) mass is 1400 g/mol. The summed E-state index contributed by atoms with van der Waals surface area (Å²) < 4.78 is 68.4. The van der Waals surface area contributed by atoms with E-state index in [9.17, 15) is 43.2 Å². The Morgan fingerprint density at radius 1 is 0.295 bits per heavy atom. The minimum absolute atomic E-state index is 0.101. The summed E-state index contributed by atoms with van der Waals surface area (Å²) in [5, 5.41) is 10.6. The Morgan fingerprint density at radius 3 is 0.747 bits per heavy atom. The average Bonchev–Trinajstić information content (AvgIpc) is 2.33. The van der Waals surface area contributed by atoms with Crippen molar-refractivity contribution in [2.45, 2.75) is 401 Å². The molecule has 0 heterocycles. The fraction of sp³-hybridized carbons (Fsp3) is 0.947. The molecule has 0 amide bonds. The van der Waals surface area contributed by atoms with Crippen LogP contribution in [0.5, 0.6) is 0 Å². The molecule has 0 rings (SSSR count). The summed E-state index contributed by atoms with van der Waals surface area (Å²) in [7, 11) is -9.91. The Labute approximate surface area is 581 Å². The number of carbonyl (C=O) groups excluding carboxylic acids is 4. The molecule has 3 N–H and O–H groups in total. The Bertz CT molecular complexity index is 1870. The topological polar surface area (TPSA) is 237 Å². The predicted octanol–water partition coefficient (Wildman–Crippen LogP) is 22.0. The summed E-state index contributed by atoms with van der Waals surface area (Å²) in [4.78, 5) is 72.7. The highest BCUT2D eigenvalue weighted by Gasteiger charge is 2.30. The van der Waals surface area contributed by atoms with E-state index in [2.05, 4.69) is 55.4 Å². The van der Waals surface area contributed by atoms with Gasteiger partial charge in [0.1, 0.15) is 19.3 Å². The fourth-order valence-corrected chi connectivity index (χ4v) is 13.1. The maximum atomic E-state index is 13.1. The molecule has 17 nitrogen and oxygen atoms in total. The van der Waals surface area contributed by atoms with E-state index in [1.54, 1.807) is 0 Å². The number of esters is 4. The van der Waals surface area contributed by atoms with E-state index in [0.717, 1.165) is 114 Å². The molecule has 0 aliphatic rings. The highest BCUT2D eigenvalue weighted by molar-refractivity contribution is 7.47.